The number of hydrogen-bond acceptors (Lipinski definition) is 2. The molecule has 126 valence electrons. The van der Waals surface area contributed by atoms with Crippen LogP contribution in [0, 0.1) is 11.3 Å². The minimum absolute atomic E-state index is 0.690. The van der Waals surface area contributed by atoms with Crippen LogP contribution in [0.1, 0.15) is 44.6 Å². The molecule has 2 aliphatic rings. The zero-order valence-corrected chi connectivity index (χ0v) is 15.5. The molecule has 0 aromatic heterocycles. The van der Waals surface area contributed by atoms with E-state index in [0.29, 0.717) is 5.41 Å². The first-order valence-electron chi connectivity index (χ1n) is 8.88. The van der Waals surface area contributed by atoms with Crippen LogP contribution in [-0.2, 0) is 0 Å². The highest BCUT2D eigenvalue weighted by Gasteiger charge is 2.53. The Morgan fingerprint density at radius 2 is 2.04 bits per heavy atom. The molecule has 3 heteroatoms. The van der Waals surface area contributed by atoms with Crippen molar-refractivity contribution in [2.24, 2.45) is 11.3 Å². The molecule has 2 nitrogen and oxygen atoms in total. The first-order valence-corrected chi connectivity index (χ1v) is 9.26. The fraction of sp³-hybridized carbons (Fsp3) is 0.600. The van der Waals surface area contributed by atoms with E-state index in [9.17, 15) is 0 Å². The van der Waals surface area contributed by atoms with Gasteiger partial charge < -0.3 is 9.80 Å². The maximum Gasteiger partial charge on any atom is 0.0519 e. The molecular weight excluding hydrogens is 304 g/mol. The zero-order valence-electron chi connectivity index (χ0n) is 14.7. The van der Waals surface area contributed by atoms with Crippen LogP contribution in [0.2, 0.25) is 5.02 Å². The molecule has 1 saturated heterocycles. The van der Waals surface area contributed by atoms with Crippen molar-refractivity contribution < 1.29 is 0 Å². The average Bonchev–Trinajstić information content (AvgIpc) is 3.19. The van der Waals surface area contributed by atoms with Crippen LogP contribution in [0.25, 0.3) is 5.70 Å². The van der Waals surface area contributed by atoms with Crippen LogP contribution < -0.4 is 4.90 Å². The molecule has 1 saturated carbocycles. The van der Waals surface area contributed by atoms with Crippen LogP contribution in [0.4, 0.5) is 5.69 Å². The summed E-state index contributed by atoms with van der Waals surface area (Å²) in [6, 6.07) is 6.42. The van der Waals surface area contributed by atoms with Crippen LogP contribution in [0.3, 0.4) is 0 Å². The van der Waals surface area contributed by atoms with Crippen molar-refractivity contribution in [2.75, 3.05) is 32.1 Å². The fourth-order valence-corrected chi connectivity index (χ4v) is 4.47. The lowest BCUT2D eigenvalue weighted by Gasteiger charge is -2.35. The molecule has 1 heterocycles. The number of halogens is 1. The maximum absolute atomic E-state index is 6.51. The van der Waals surface area contributed by atoms with Gasteiger partial charge in [-0.3, -0.25) is 0 Å². The second kappa shape index (κ2) is 6.39. The molecule has 0 amide bonds. The molecule has 2 fully saturated rings. The van der Waals surface area contributed by atoms with Crippen molar-refractivity contribution in [3.63, 3.8) is 0 Å². The highest BCUT2D eigenvalue weighted by molar-refractivity contribution is 6.32. The number of nitrogens with zero attached hydrogens (tertiary/aromatic N) is 2. The molecule has 3 rings (SSSR count). The lowest BCUT2D eigenvalue weighted by molar-refractivity contribution is 0.341. The van der Waals surface area contributed by atoms with Crippen molar-refractivity contribution >= 4 is 23.0 Å². The van der Waals surface area contributed by atoms with Gasteiger partial charge in [-0.2, -0.15) is 0 Å². The molecule has 0 N–H and O–H groups in total. The minimum atomic E-state index is 0.690. The summed E-state index contributed by atoms with van der Waals surface area (Å²) >= 11 is 6.51. The maximum atomic E-state index is 6.51. The highest BCUT2D eigenvalue weighted by atomic mass is 35.5. The third kappa shape index (κ3) is 3.24. The van der Waals surface area contributed by atoms with Gasteiger partial charge in [0.25, 0.3) is 0 Å². The Morgan fingerprint density at radius 1 is 1.35 bits per heavy atom. The van der Waals surface area contributed by atoms with Gasteiger partial charge in [-0.05, 0) is 48.8 Å². The van der Waals surface area contributed by atoms with E-state index in [1.165, 1.54) is 50.9 Å². The largest absolute Gasteiger partial charge is 0.378 e. The Balaban J connectivity index is 1.65. The van der Waals surface area contributed by atoms with Gasteiger partial charge in [-0.1, -0.05) is 37.9 Å². The number of benzene rings is 1. The summed E-state index contributed by atoms with van der Waals surface area (Å²) in [5, 5.41) is 0.803. The van der Waals surface area contributed by atoms with Crippen LogP contribution in [0.5, 0.6) is 0 Å². The Kier molecular flexibility index (Phi) is 4.64. The van der Waals surface area contributed by atoms with Gasteiger partial charge in [0.1, 0.15) is 0 Å². The molecule has 0 bridgehead atoms. The van der Waals surface area contributed by atoms with Crippen LogP contribution in [0.15, 0.2) is 24.8 Å². The number of anilines is 1. The molecule has 1 aliphatic carbocycles. The molecule has 1 aliphatic heterocycles. The van der Waals surface area contributed by atoms with E-state index in [0.717, 1.165) is 22.2 Å². The SMILES string of the molecule is C=C(c1ccc(N2CCC3(CC2)CC3CCC)cc1Cl)N(C)C. The monoisotopic (exact) mass is 332 g/mol. The van der Waals surface area contributed by atoms with Crippen molar-refractivity contribution in [1.29, 1.82) is 0 Å². The standard InChI is InChI=1S/C20H29ClN2/c1-5-6-16-14-20(16)9-11-23(12-10-20)17-7-8-18(19(21)13-17)15(2)22(3)4/h7-8,13,16H,2,5-6,9-12,14H2,1,3-4H3. The van der Waals surface area contributed by atoms with Crippen molar-refractivity contribution in [1.82, 2.24) is 4.90 Å². The summed E-state index contributed by atoms with van der Waals surface area (Å²) in [7, 11) is 4.00. The Morgan fingerprint density at radius 3 is 2.61 bits per heavy atom. The number of hydrogen-bond donors (Lipinski definition) is 0. The fourth-order valence-electron chi connectivity index (χ4n) is 4.19. The second-order valence-corrected chi connectivity index (χ2v) is 7.95. The predicted molar refractivity (Wildman–Crippen MR) is 101 cm³/mol. The van der Waals surface area contributed by atoms with Gasteiger partial charge in [-0.25, -0.2) is 0 Å². The Labute approximate surface area is 146 Å². The van der Waals surface area contributed by atoms with Gasteiger partial charge >= 0.3 is 0 Å². The minimum Gasteiger partial charge on any atom is -0.378 e. The van der Waals surface area contributed by atoms with E-state index in [1.807, 2.05) is 19.0 Å². The molecule has 1 unspecified atom stereocenters. The van der Waals surface area contributed by atoms with Gasteiger partial charge in [0, 0.05) is 44.1 Å². The van der Waals surface area contributed by atoms with E-state index < -0.39 is 0 Å². The van der Waals surface area contributed by atoms with Crippen LogP contribution >= 0.6 is 11.6 Å². The smallest absolute Gasteiger partial charge is 0.0519 e. The molecule has 1 atom stereocenters. The average molecular weight is 333 g/mol. The third-order valence-electron chi connectivity index (χ3n) is 5.92. The van der Waals surface area contributed by atoms with E-state index in [2.05, 4.69) is 36.6 Å². The quantitative estimate of drug-likeness (QED) is 0.723. The molecule has 0 radical (unpaired) electrons. The normalized spacial score (nSPS) is 22.3. The molecular formula is C20H29ClN2. The van der Waals surface area contributed by atoms with Gasteiger partial charge in [0.05, 0.1) is 5.02 Å². The summed E-state index contributed by atoms with van der Waals surface area (Å²) in [4.78, 5) is 4.51. The molecule has 1 spiro atoms. The predicted octanol–water partition coefficient (Wildman–Crippen LogP) is 5.28. The van der Waals surface area contributed by atoms with Gasteiger partial charge in [-0.15, -0.1) is 0 Å². The molecule has 1 aromatic carbocycles. The van der Waals surface area contributed by atoms with Gasteiger partial charge in [0.2, 0.25) is 0 Å². The number of piperidine rings is 1. The summed E-state index contributed by atoms with van der Waals surface area (Å²) in [6.45, 7) is 8.76. The Bertz CT molecular complexity index is 585. The topological polar surface area (TPSA) is 6.48 Å². The lowest BCUT2D eigenvalue weighted by atomic mass is 9.89. The zero-order chi connectivity index (χ0) is 16.6. The molecule has 23 heavy (non-hydrogen) atoms. The summed E-state index contributed by atoms with van der Waals surface area (Å²) < 4.78 is 0. The lowest BCUT2D eigenvalue weighted by Crippen LogP contribution is -2.35. The van der Waals surface area contributed by atoms with E-state index in [1.54, 1.807) is 0 Å². The Hall–Kier alpha value is -1.15. The van der Waals surface area contributed by atoms with Crippen molar-refractivity contribution in [2.45, 2.75) is 39.0 Å². The second-order valence-electron chi connectivity index (χ2n) is 7.54. The summed E-state index contributed by atoms with van der Waals surface area (Å²) in [5.41, 5.74) is 3.93. The van der Waals surface area contributed by atoms with E-state index in [-0.39, 0.29) is 0 Å². The number of rotatable bonds is 5. The van der Waals surface area contributed by atoms with Crippen molar-refractivity contribution in [3.05, 3.63) is 35.4 Å². The molecule has 1 aromatic rings. The van der Waals surface area contributed by atoms with Gasteiger partial charge in [0.15, 0.2) is 0 Å². The van der Waals surface area contributed by atoms with E-state index in [4.69, 9.17) is 11.6 Å². The van der Waals surface area contributed by atoms with E-state index >= 15 is 0 Å². The summed E-state index contributed by atoms with van der Waals surface area (Å²) in [6.07, 6.45) is 6.93. The highest BCUT2D eigenvalue weighted by Crippen LogP contribution is 2.61. The third-order valence-corrected chi connectivity index (χ3v) is 6.24. The van der Waals surface area contributed by atoms with Crippen LogP contribution in [-0.4, -0.2) is 32.1 Å². The summed E-state index contributed by atoms with van der Waals surface area (Å²) in [5.74, 6) is 1.00. The first-order chi connectivity index (χ1) is 11.0. The van der Waals surface area contributed by atoms with Crippen molar-refractivity contribution in [3.8, 4) is 0 Å². The first kappa shape index (κ1) is 16.7.